The highest BCUT2D eigenvalue weighted by Crippen LogP contribution is 2.36. The van der Waals surface area contributed by atoms with Gasteiger partial charge in [-0.2, -0.15) is 14.9 Å². The molecule has 8 heteroatoms. The highest BCUT2D eigenvalue weighted by Gasteiger charge is 2.28. The van der Waals surface area contributed by atoms with Crippen LogP contribution in [0, 0.1) is 13.8 Å². The van der Waals surface area contributed by atoms with Gasteiger partial charge in [-0.3, -0.25) is 9.67 Å². The lowest BCUT2D eigenvalue weighted by Gasteiger charge is -2.13. The number of nitrogens with one attached hydrogen (secondary N) is 1. The molecule has 6 rings (SSSR count). The summed E-state index contributed by atoms with van der Waals surface area (Å²) in [6, 6.07) is 13.3. The number of amides is 1. The molecule has 33 heavy (non-hydrogen) atoms. The van der Waals surface area contributed by atoms with E-state index in [1.54, 1.807) is 4.68 Å². The number of carbonyl (C=O) groups excluding carboxylic acids is 1. The topological polar surface area (TPSA) is 86.9 Å². The molecule has 0 saturated heterocycles. The van der Waals surface area contributed by atoms with Crippen molar-refractivity contribution in [2.45, 2.75) is 19.9 Å². The molecule has 164 valence electrons. The molecule has 2 aromatic carbocycles. The lowest BCUT2D eigenvalue weighted by Crippen LogP contribution is -2.33. The fraction of sp³-hybridized carbons (Fsp3) is 0.200. The largest absolute Gasteiger partial charge is 0.491 e. The fourth-order valence-corrected chi connectivity index (χ4v) is 4.65. The highest BCUT2D eigenvalue weighted by atomic mass is 16.5. The number of hydrogen-bond donors (Lipinski definition) is 1. The number of benzene rings is 2. The predicted molar refractivity (Wildman–Crippen MR) is 125 cm³/mol. The molecule has 4 heterocycles. The number of aryl methyl sites for hydroxylation is 3. The Morgan fingerprint density at radius 3 is 2.79 bits per heavy atom. The van der Waals surface area contributed by atoms with E-state index in [1.165, 1.54) is 4.68 Å². The van der Waals surface area contributed by atoms with Gasteiger partial charge in [-0.25, -0.2) is 4.79 Å². The lowest BCUT2D eigenvalue weighted by molar-refractivity contribution is 0.231. The number of hydrogen-bond acceptors (Lipinski definition) is 5. The molecule has 0 bridgehead atoms. The van der Waals surface area contributed by atoms with Gasteiger partial charge in [-0.05, 0) is 31.5 Å². The predicted octanol–water partition coefficient (Wildman–Crippen LogP) is 4.29. The summed E-state index contributed by atoms with van der Waals surface area (Å²) >= 11 is 0. The van der Waals surface area contributed by atoms with Crippen molar-refractivity contribution in [3.8, 4) is 16.9 Å². The summed E-state index contributed by atoms with van der Waals surface area (Å²) in [7, 11) is 1.89. The van der Waals surface area contributed by atoms with Gasteiger partial charge in [0.15, 0.2) is 0 Å². The Kier molecular flexibility index (Phi) is 4.23. The van der Waals surface area contributed by atoms with Crippen LogP contribution in [0.5, 0.6) is 5.75 Å². The number of aromatic nitrogens is 5. The molecule has 0 spiro atoms. The molecule has 0 fully saturated rings. The monoisotopic (exact) mass is 438 g/mol. The van der Waals surface area contributed by atoms with Gasteiger partial charge in [0.1, 0.15) is 12.4 Å². The summed E-state index contributed by atoms with van der Waals surface area (Å²) in [6.07, 6.45) is 3.78. The summed E-state index contributed by atoms with van der Waals surface area (Å²) in [6.45, 7) is 4.23. The van der Waals surface area contributed by atoms with Crippen LogP contribution in [0.3, 0.4) is 0 Å². The maximum Gasteiger partial charge on any atom is 0.343 e. The average molecular weight is 438 g/mol. The standard InChI is InChI=1S/C25H22N6O2/c1-14-23-15(2)29-31(24(23)19-6-4-5-7-20(19)27-14)25(32)28-21-13-33-22-10-16(8-9-18(21)22)17-11-26-30(3)12-17/h4-12,21H,13H2,1-3H3,(H,28,32)/t21-/m1/s1. The van der Waals surface area contributed by atoms with Crippen molar-refractivity contribution in [1.29, 1.82) is 0 Å². The van der Waals surface area contributed by atoms with E-state index >= 15 is 0 Å². The molecule has 1 N–H and O–H groups in total. The SMILES string of the molecule is Cc1nc2ccccc2c2c1c(C)nn2C(=O)N[C@@H]1COc2cc(-c3cnn(C)c3)ccc21. The second kappa shape index (κ2) is 7.16. The van der Waals surface area contributed by atoms with Crippen LogP contribution in [-0.2, 0) is 7.05 Å². The molecule has 1 atom stereocenters. The first-order chi connectivity index (χ1) is 16.0. The lowest BCUT2D eigenvalue weighted by atomic mass is 10.0. The van der Waals surface area contributed by atoms with Crippen molar-refractivity contribution < 1.29 is 9.53 Å². The van der Waals surface area contributed by atoms with Crippen molar-refractivity contribution in [2.24, 2.45) is 7.05 Å². The molecule has 5 aromatic rings. The van der Waals surface area contributed by atoms with Crippen LogP contribution in [0.15, 0.2) is 54.9 Å². The van der Waals surface area contributed by atoms with Crippen molar-refractivity contribution in [2.75, 3.05) is 6.61 Å². The minimum atomic E-state index is -0.290. The normalized spacial score (nSPS) is 15.1. The van der Waals surface area contributed by atoms with Crippen LogP contribution in [0.4, 0.5) is 4.79 Å². The third-order valence-corrected chi connectivity index (χ3v) is 6.19. The molecule has 1 aliphatic heterocycles. The number of rotatable bonds is 2. The van der Waals surface area contributed by atoms with E-state index in [1.807, 2.05) is 75.8 Å². The molecule has 0 aliphatic carbocycles. The van der Waals surface area contributed by atoms with Crippen molar-refractivity contribution in [3.05, 3.63) is 71.8 Å². The first-order valence-corrected chi connectivity index (χ1v) is 10.8. The van der Waals surface area contributed by atoms with Gasteiger partial charge in [0.25, 0.3) is 0 Å². The number of fused-ring (bicyclic) bond motifs is 4. The first kappa shape index (κ1) is 19.5. The maximum atomic E-state index is 13.4. The van der Waals surface area contributed by atoms with Crippen LogP contribution in [-0.4, -0.2) is 37.2 Å². The van der Waals surface area contributed by atoms with Gasteiger partial charge in [0.2, 0.25) is 0 Å². The van der Waals surface area contributed by atoms with Gasteiger partial charge >= 0.3 is 6.03 Å². The van der Waals surface area contributed by atoms with E-state index in [0.717, 1.165) is 55.6 Å². The number of para-hydroxylation sites is 1. The molecule has 3 aromatic heterocycles. The molecular weight excluding hydrogens is 416 g/mol. The molecule has 1 aliphatic rings. The Labute approximate surface area is 189 Å². The van der Waals surface area contributed by atoms with Gasteiger partial charge < -0.3 is 10.1 Å². The minimum Gasteiger partial charge on any atom is -0.491 e. The average Bonchev–Trinajstić information content (AvgIpc) is 3.51. The summed E-state index contributed by atoms with van der Waals surface area (Å²) in [5.41, 5.74) is 6.25. The van der Waals surface area contributed by atoms with Gasteiger partial charge in [-0.15, -0.1) is 0 Å². The third kappa shape index (κ3) is 3.06. The number of carbonyl (C=O) groups is 1. The molecule has 8 nitrogen and oxygen atoms in total. The van der Waals surface area contributed by atoms with E-state index in [0.29, 0.717) is 6.61 Å². The number of nitrogens with zero attached hydrogens (tertiary/aromatic N) is 5. The Morgan fingerprint density at radius 2 is 1.97 bits per heavy atom. The molecule has 0 unspecified atom stereocenters. The molecule has 1 amide bonds. The third-order valence-electron chi connectivity index (χ3n) is 6.19. The second-order valence-electron chi connectivity index (χ2n) is 8.40. The van der Waals surface area contributed by atoms with Crippen molar-refractivity contribution in [1.82, 2.24) is 29.9 Å². The second-order valence-corrected chi connectivity index (χ2v) is 8.40. The Bertz CT molecular complexity index is 1560. The summed E-state index contributed by atoms with van der Waals surface area (Å²) in [4.78, 5) is 18.1. The smallest absolute Gasteiger partial charge is 0.343 e. The quantitative estimate of drug-likeness (QED) is 0.444. The van der Waals surface area contributed by atoms with Crippen LogP contribution >= 0.6 is 0 Å². The van der Waals surface area contributed by atoms with E-state index in [-0.39, 0.29) is 12.1 Å². The Hall–Kier alpha value is -4.20. The zero-order chi connectivity index (χ0) is 22.7. The number of pyridine rings is 1. The Balaban J connectivity index is 1.35. The summed E-state index contributed by atoms with van der Waals surface area (Å²) in [5, 5.41) is 13.7. The van der Waals surface area contributed by atoms with Gasteiger partial charge in [0, 0.05) is 40.8 Å². The van der Waals surface area contributed by atoms with Gasteiger partial charge in [0.05, 0.1) is 29.0 Å². The minimum absolute atomic E-state index is 0.260. The van der Waals surface area contributed by atoms with Crippen molar-refractivity contribution >= 4 is 27.8 Å². The highest BCUT2D eigenvalue weighted by molar-refractivity contribution is 6.08. The van der Waals surface area contributed by atoms with E-state index in [2.05, 4.69) is 15.5 Å². The molecule has 0 radical (unpaired) electrons. The van der Waals surface area contributed by atoms with E-state index < -0.39 is 0 Å². The maximum absolute atomic E-state index is 13.4. The summed E-state index contributed by atoms with van der Waals surface area (Å²) < 4.78 is 9.15. The first-order valence-electron chi connectivity index (χ1n) is 10.8. The Morgan fingerprint density at radius 1 is 1.12 bits per heavy atom. The van der Waals surface area contributed by atoms with Crippen LogP contribution < -0.4 is 10.1 Å². The van der Waals surface area contributed by atoms with Gasteiger partial charge in [-0.1, -0.05) is 30.3 Å². The van der Waals surface area contributed by atoms with E-state index in [4.69, 9.17) is 9.72 Å². The van der Waals surface area contributed by atoms with Crippen LogP contribution in [0.1, 0.15) is 23.0 Å². The molecule has 0 saturated carbocycles. The number of ether oxygens (including phenoxy) is 1. The fourth-order valence-electron chi connectivity index (χ4n) is 4.65. The van der Waals surface area contributed by atoms with Crippen molar-refractivity contribution in [3.63, 3.8) is 0 Å². The zero-order valence-corrected chi connectivity index (χ0v) is 18.5. The summed E-state index contributed by atoms with van der Waals surface area (Å²) in [5.74, 6) is 0.772. The van der Waals surface area contributed by atoms with Crippen LogP contribution in [0.25, 0.3) is 32.9 Å². The zero-order valence-electron chi connectivity index (χ0n) is 18.5. The van der Waals surface area contributed by atoms with E-state index in [9.17, 15) is 4.79 Å². The molecular formula is C25H22N6O2. The van der Waals surface area contributed by atoms with Crippen LogP contribution in [0.2, 0.25) is 0 Å².